The van der Waals surface area contributed by atoms with Gasteiger partial charge in [-0.2, -0.15) is 0 Å². The first-order chi connectivity index (χ1) is 12.9. The van der Waals surface area contributed by atoms with Gasteiger partial charge < -0.3 is 9.64 Å². The zero-order valence-corrected chi connectivity index (χ0v) is 15.7. The molecule has 0 fully saturated rings. The second-order valence-electron chi connectivity index (χ2n) is 6.15. The molecule has 1 amide bonds. The Morgan fingerprint density at radius 1 is 1.26 bits per heavy atom. The van der Waals surface area contributed by atoms with Gasteiger partial charge >= 0.3 is 5.97 Å². The van der Waals surface area contributed by atoms with Crippen LogP contribution in [0.1, 0.15) is 24.0 Å². The Kier molecular flexibility index (Phi) is 5.56. The van der Waals surface area contributed by atoms with E-state index in [0.717, 1.165) is 0 Å². The minimum atomic E-state index is -0.838. The molecule has 5 nitrogen and oxygen atoms in total. The molecule has 2 aromatic rings. The molecule has 27 heavy (non-hydrogen) atoms. The molecule has 0 spiro atoms. The second-order valence-corrected chi connectivity index (χ2v) is 6.58. The Hall–Kier alpha value is -2.73. The van der Waals surface area contributed by atoms with Crippen LogP contribution in [-0.4, -0.2) is 37.8 Å². The van der Waals surface area contributed by atoms with E-state index in [2.05, 4.69) is 9.73 Å². The normalized spacial score (nSPS) is 16.4. The average Bonchev–Trinajstić information content (AvgIpc) is 2.76. The fraction of sp³-hybridized carbons (Fsp3) is 0.250. The molecule has 1 unspecified atom stereocenters. The number of benzodiazepines with no additional fused rings is 1. The molecule has 7 heteroatoms. The van der Waals surface area contributed by atoms with Crippen LogP contribution in [0.25, 0.3) is 0 Å². The van der Waals surface area contributed by atoms with Gasteiger partial charge in [-0.05, 0) is 36.8 Å². The summed E-state index contributed by atoms with van der Waals surface area (Å²) in [4.78, 5) is 30.4. The lowest BCUT2D eigenvalue weighted by Crippen LogP contribution is -2.35. The Labute approximate surface area is 161 Å². The molecule has 0 saturated carbocycles. The summed E-state index contributed by atoms with van der Waals surface area (Å²) in [6.07, 6.45) is 0.196. The second kappa shape index (κ2) is 7.88. The van der Waals surface area contributed by atoms with Crippen LogP contribution < -0.4 is 4.90 Å². The molecule has 1 heterocycles. The van der Waals surface area contributed by atoms with Crippen molar-refractivity contribution in [1.29, 1.82) is 0 Å². The SMILES string of the molecule is COC(=O)CCC1N=C(c2ccccc2F)c2cc(Cl)ccc2N(C)C1=O. The molecule has 0 N–H and O–H groups in total. The largest absolute Gasteiger partial charge is 0.469 e. The van der Waals surface area contributed by atoms with Crippen molar-refractivity contribution in [3.8, 4) is 0 Å². The number of fused-ring (bicyclic) bond motifs is 1. The van der Waals surface area contributed by atoms with E-state index in [1.54, 1.807) is 43.4 Å². The average molecular weight is 389 g/mol. The van der Waals surface area contributed by atoms with E-state index < -0.39 is 17.8 Å². The van der Waals surface area contributed by atoms with Crippen molar-refractivity contribution in [1.82, 2.24) is 0 Å². The van der Waals surface area contributed by atoms with Crippen molar-refractivity contribution < 1.29 is 18.7 Å². The maximum Gasteiger partial charge on any atom is 0.305 e. The summed E-state index contributed by atoms with van der Waals surface area (Å²) < 4.78 is 19.2. The lowest BCUT2D eigenvalue weighted by atomic mass is 9.99. The van der Waals surface area contributed by atoms with Gasteiger partial charge in [0.05, 0.1) is 18.5 Å². The van der Waals surface area contributed by atoms with Gasteiger partial charge in [-0.15, -0.1) is 0 Å². The minimum Gasteiger partial charge on any atom is -0.469 e. The number of esters is 1. The molecule has 140 valence electrons. The Balaban J connectivity index is 2.16. The van der Waals surface area contributed by atoms with Crippen LogP contribution in [0.3, 0.4) is 0 Å². The molecular formula is C20H18ClFN2O3. The Bertz CT molecular complexity index is 929. The van der Waals surface area contributed by atoms with Crippen LogP contribution >= 0.6 is 11.6 Å². The van der Waals surface area contributed by atoms with E-state index in [0.29, 0.717) is 22.0 Å². The smallest absolute Gasteiger partial charge is 0.305 e. The third kappa shape index (κ3) is 3.85. The maximum atomic E-state index is 14.5. The summed E-state index contributed by atoms with van der Waals surface area (Å²) in [6.45, 7) is 0. The number of methoxy groups -OCH3 is 1. The van der Waals surface area contributed by atoms with Crippen LogP contribution in [0.15, 0.2) is 47.5 Å². The fourth-order valence-corrected chi connectivity index (χ4v) is 3.20. The lowest BCUT2D eigenvalue weighted by Gasteiger charge is -2.20. The topological polar surface area (TPSA) is 59.0 Å². The Morgan fingerprint density at radius 2 is 2.00 bits per heavy atom. The highest BCUT2D eigenvalue weighted by atomic mass is 35.5. The summed E-state index contributed by atoms with van der Waals surface area (Å²) in [5, 5.41) is 0.451. The van der Waals surface area contributed by atoms with Gasteiger partial charge in [0.1, 0.15) is 11.9 Å². The van der Waals surface area contributed by atoms with E-state index >= 15 is 0 Å². The van der Waals surface area contributed by atoms with Gasteiger partial charge in [0, 0.05) is 29.6 Å². The quantitative estimate of drug-likeness (QED) is 0.752. The third-order valence-corrected chi connectivity index (χ3v) is 4.69. The molecule has 0 aromatic heterocycles. The third-order valence-electron chi connectivity index (χ3n) is 4.45. The van der Waals surface area contributed by atoms with E-state index in [4.69, 9.17) is 11.6 Å². The fourth-order valence-electron chi connectivity index (χ4n) is 3.03. The first-order valence-corrected chi connectivity index (χ1v) is 8.77. The highest BCUT2D eigenvalue weighted by Gasteiger charge is 2.31. The molecule has 2 aromatic carbocycles. The number of halogens is 2. The zero-order valence-electron chi connectivity index (χ0n) is 14.9. The molecule has 1 atom stereocenters. The van der Waals surface area contributed by atoms with Crippen molar-refractivity contribution in [3.63, 3.8) is 0 Å². The summed E-state index contributed by atoms with van der Waals surface area (Å²) in [6, 6.07) is 10.4. The predicted octanol–water partition coefficient (Wildman–Crippen LogP) is 3.61. The van der Waals surface area contributed by atoms with Crippen LogP contribution in [-0.2, 0) is 14.3 Å². The lowest BCUT2D eigenvalue weighted by molar-refractivity contribution is -0.140. The number of rotatable bonds is 4. The summed E-state index contributed by atoms with van der Waals surface area (Å²) in [5.41, 5.74) is 1.74. The summed E-state index contributed by atoms with van der Waals surface area (Å²) in [5.74, 6) is -1.17. The Morgan fingerprint density at radius 3 is 2.70 bits per heavy atom. The van der Waals surface area contributed by atoms with Crippen molar-refractivity contribution >= 4 is 34.9 Å². The molecule has 0 radical (unpaired) electrons. The van der Waals surface area contributed by atoms with E-state index in [1.165, 1.54) is 18.1 Å². The molecule has 3 rings (SSSR count). The predicted molar refractivity (Wildman–Crippen MR) is 102 cm³/mol. The number of amides is 1. The van der Waals surface area contributed by atoms with Crippen molar-refractivity contribution in [2.24, 2.45) is 4.99 Å². The van der Waals surface area contributed by atoms with Crippen molar-refractivity contribution in [2.75, 3.05) is 19.1 Å². The zero-order chi connectivity index (χ0) is 19.6. The number of ether oxygens (including phenoxy) is 1. The molecule has 1 aliphatic rings. The number of likely N-dealkylation sites (N-methyl/N-ethyl adjacent to an activating group) is 1. The van der Waals surface area contributed by atoms with Gasteiger partial charge in [-0.25, -0.2) is 4.39 Å². The molecule has 0 saturated heterocycles. The molecule has 1 aliphatic heterocycles. The van der Waals surface area contributed by atoms with Crippen molar-refractivity contribution in [3.05, 3.63) is 64.4 Å². The van der Waals surface area contributed by atoms with E-state index in [9.17, 15) is 14.0 Å². The molecule has 0 bridgehead atoms. The number of hydrogen-bond donors (Lipinski definition) is 0. The number of carbonyl (C=O) groups excluding carboxylic acids is 2. The molecule has 0 aliphatic carbocycles. The first kappa shape index (κ1) is 19.0. The first-order valence-electron chi connectivity index (χ1n) is 8.39. The summed E-state index contributed by atoms with van der Waals surface area (Å²) >= 11 is 6.15. The van der Waals surface area contributed by atoms with Gasteiger partial charge in [0.15, 0.2) is 0 Å². The van der Waals surface area contributed by atoms with E-state index in [-0.39, 0.29) is 24.3 Å². The van der Waals surface area contributed by atoms with Gasteiger partial charge in [0.2, 0.25) is 0 Å². The van der Waals surface area contributed by atoms with Crippen LogP contribution in [0.4, 0.5) is 10.1 Å². The standard InChI is InChI=1S/C20H18ClFN2O3/c1-24-17-9-7-12(21)11-14(17)19(13-5-3-4-6-15(13)22)23-16(20(24)26)8-10-18(25)27-2/h3-7,9,11,16H,8,10H2,1-2H3. The van der Waals surface area contributed by atoms with Crippen LogP contribution in [0.2, 0.25) is 5.02 Å². The summed E-state index contributed by atoms with van der Waals surface area (Å²) in [7, 11) is 2.91. The van der Waals surface area contributed by atoms with E-state index in [1.807, 2.05) is 0 Å². The number of carbonyl (C=O) groups is 2. The number of anilines is 1. The number of hydrogen-bond acceptors (Lipinski definition) is 4. The number of aliphatic imine (C=N–C) groups is 1. The van der Waals surface area contributed by atoms with Crippen LogP contribution in [0.5, 0.6) is 0 Å². The van der Waals surface area contributed by atoms with Gasteiger partial charge in [-0.3, -0.25) is 14.6 Å². The van der Waals surface area contributed by atoms with Gasteiger partial charge in [0.25, 0.3) is 5.91 Å². The van der Waals surface area contributed by atoms with Gasteiger partial charge in [-0.1, -0.05) is 23.7 Å². The highest BCUT2D eigenvalue weighted by molar-refractivity contribution is 6.32. The van der Waals surface area contributed by atoms with Crippen LogP contribution in [0, 0.1) is 5.82 Å². The number of benzene rings is 2. The maximum absolute atomic E-state index is 14.5. The van der Waals surface area contributed by atoms with Crippen molar-refractivity contribution in [2.45, 2.75) is 18.9 Å². The number of nitrogens with zero attached hydrogens (tertiary/aromatic N) is 2. The highest BCUT2D eigenvalue weighted by Crippen LogP contribution is 2.31. The molecular weight excluding hydrogens is 371 g/mol. The minimum absolute atomic E-state index is 0.0336. The monoisotopic (exact) mass is 388 g/mol.